The number of esters is 1. The molecular weight excluding hydrogens is 358 g/mol. The summed E-state index contributed by atoms with van der Waals surface area (Å²) in [5, 5.41) is 12.7. The average Bonchev–Trinajstić information content (AvgIpc) is 3.19. The highest BCUT2D eigenvalue weighted by Crippen LogP contribution is 2.38. The lowest BCUT2D eigenvalue weighted by atomic mass is 9.81. The summed E-state index contributed by atoms with van der Waals surface area (Å²) in [6.45, 7) is 3.48. The summed E-state index contributed by atoms with van der Waals surface area (Å²) in [5.74, 6) is -2.43. The van der Waals surface area contributed by atoms with Crippen molar-refractivity contribution in [2.24, 2.45) is 0 Å². The van der Waals surface area contributed by atoms with E-state index >= 15 is 0 Å². The van der Waals surface area contributed by atoms with E-state index in [1.54, 1.807) is 26.0 Å². The van der Waals surface area contributed by atoms with Gasteiger partial charge in [-0.25, -0.2) is 9.59 Å². The van der Waals surface area contributed by atoms with Crippen molar-refractivity contribution >= 4 is 18.0 Å². The van der Waals surface area contributed by atoms with Crippen LogP contribution in [0.4, 0.5) is 0 Å². The number of rotatable bonds is 6. The van der Waals surface area contributed by atoms with Crippen LogP contribution in [0.25, 0.3) is 6.08 Å². The Bertz CT molecular complexity index is 952. The summed E-state index contributed by atoms with van der Waals surface area (Å²) in [6, 6.07) is 11.3. The van der Waals surface area contributed by atoms with Gasteiger partial charge in [-0.3, -0.25) is 0 Å². The first-order valence-electron chi connectivity index (χ1n) is 8.81. The number of benzene rings is 1. The van der Waals surface area contributed by atoms with Crippen molar-refractivity contribution in [3.05, 3.63) is 88.7 Å². The highest BCUT2D eigenvalue weighted by molar-refractivity contribution is 5.99. The molecule has 0 saturated heterocycles. The van der Waals surface area contributed by atoms with Gasteiger partial charge in [0.2, 0.25) is 0 Å². The molecule has 1 aliphatic rings. The van der Waals surface area contributed by atoms with Gasteiger partial charge in [0.05, 0.1) is 29.6 Å². The van der Waals surface area contributed by atoms with Gasteiger partial charge in [0.1, 0.15) is 6.61 Å². The Morgan fingerprint density at radius 1 is 1.14 bits per heavy atom. The number of hydrogen-bond acceptors (Lipinski definition) is 5. The Labute approximate surface area is 162 Å². The topological polar surface area (TPSA) is 88.8 Å². The van der Waals surface area contributed by atoms with E-state index in [0.717, 1.165) is 5.56 Å². The summed E-state index contributed by atoms with van der Waals surface area (Å²) in [6.07, 6.45) is 6.49. The second kappa shape index (κ2) is 8.43. The molecule has 2 heterocycles. The molecule has 1 aliphatic heterocycles. The Balaban J connectivity index is 1.81. The van der Waals surface area contributed by atoms with E-state index in [0.29, 0.717) is 17.0 Å². The van der Waals surface area contributed by atoms with Crippen molar-refractivity contribution < 1.29 is 23.8 Å². The van der Waals surface area contributed by atoms with Gasteiger partial charge in [-0.15, -0.1) is 0 Å². The number of dihydropyridines is 1. The lowest BCUT2D eigenvalue weighted by Crippen LogP contribution is -2.31. The number of nitrogens with one attached hydrogen (secondary N) is 1. The van der Waals surface area contributed by atoms with Crippen LogP contribution < -0.4 is 5.32 Å². The van der Waals surface area contributed by atoms with Gasteiger partial charge in [0, 0.05) is 17.0 Å². The number of hydrogen-bond donors (Lipinski definition) is 2. The molecule has 1 aromatic carbocycles. The molecule has 6 nitrogen and oxygen atoms in total. The molecule has 2 aromatic rings. The first-order valence-corrected chi connectivity index (χ1v) is 8.81. The van der Waals surface area contributed by atoms with Crippen molar-refractivity contribution in [3.8, 4) is 0 Å². The maximum absolute atomic E-state index is 12.8. The minimum atomic E-state index is -1.10. The van der Waals surface area contributed by atoms with Crippen LogP contribution in [0.2, 0.25) is 0 Å². The van der Waals surface area contributed by atoms with E-state index in [-0.39, 0.29) is 17.8 Å². The van der Waals surface area contributed by atoms with Gasteiger partial charge >= 0.3 is 11.9 Å². The fourth-order valence-corrected chi connectivity index (χ4v) is 3.27. The van der Waals surface area contributed by atoms with Crippen LogP contribution >= 0.6 is 0 Å². The van der Waals surface area contributed by atoms with Crippen LogP contribution in [0.1, 0.15) is 30.9 Å². The second-order valence-electron chi connectivity index (χ2n) is 6.41. The summed E-state index contributed by atoms with van der Waals surface area (Å²) in [5.41, 5.74) is 2.99. The highest BCUT2D eigenvalue weighted by atomic mass is 16.5. The van der Waals surface area contributed by atoms with E-state index in [9.17, 15) is 14.7 Å². The van der Waals surface area contributed by atoms with Gasteiger partial charge in [0.15, 0.2) is 0 Å². The number of furan rings is 1. The van der Waals surface area contributed by atoms with Crippen molar-refractivity contribution in [3.63, 3.8) is 0 Å². The van der Waals surface area contributed by atoms with E-state index < -0.39 is 17.9 Å². The summed E-state index contributed by atoms with van der Waals surface area (Å²) >= 11 is 0. The molecule has 28 heavy (non-hydrogen) atoms. The average molecular weight is 379 g/mol. The Morgan fingerprint density at radius 2 is 1.86 bits per heavy atom. The van der Waals surface area contributed by atoms with E-state index in [1.165, 1.54) is 12.5 Å². The molecule has 2 N–H and O–H groups in total. The molecule has 1 atom stereocenters. The fraction of sp³-hybridized carbons (Fsp3) is 0.182. The third-order valence-electron chi connectivity index (χ3n) is 4.51. The monoisotopic (exact) mass is 379 g/mol. The van der Waals surface area contributed by atoms with E-state index in [2.05, 4.69) is 5.32 Å². The predicted octanol–water partition coefficient (Wildman–Crippen LogP) is 3.86. The zero-order chi connectivity index (χ0) is 20.1. The number of ether oxygens (including phenoxy) is 1. The van der Waals surface area contributed by atoms with Crippen LogP contribution in [0.3, 0.4) is 0 Å². The molecule has 0 fully saturated rings. The lowest BCUT2D eigenvalue weighted by molar-refractivity contribution is -0.138. The Kier molecular flexibility index (Phi) is 5.79. The normalized spacial score (nSPS) is 17.0. The number of carboxylic acid groups (broad SMARTS) is 1. The molecule has 3 rings (SSSR count). The van der Waals surface area contributed by atoms with Gasteiger partial charge in [-0.05, 0) is 31.6 Å². The van der Waals surface area contributed by atoms with Crippen LogP contribution in [0, 0.1) is 0 Å². The largest absolute Gasteiger partial charge is 0.478 e. The number of carbonyl (C=O) groups excluding carboxylic acids is 1. The quantitative estimate of drug-likeness (QED) is 0.741. The van der Waals surface area contributed by atoms with Crippen LogP contribution in [-0.4, -0.2) is 23.7 Å². The van der Waals surface area contributed by atoms with E-state index in [4.69, 9.17) is 9.15 Å². The highest BCUT2D eigenvalue weighted by Gasteiger charge is 2.37. The molecule has 0 saturated carbocycles. The third-order valence-corrected chi connectivity index (χ3v) is 4.51. The minimum Gasteiger partial charge on any atom is -0.478 e. The number of aliphatic carboxylic acids is 1. The molecule has 144 valence electrons. The van der Waals surface area contributed by atoms with Crippen molar-refractivity contribution in [1.82, 2.24) is 5.32 Å². The SMILES string of the molecule is CC1=C(C(=O)O)C(c2ccoc2)C(C(=O)OCC=Cc2ccccc2)=C(C)N1. The summed E-state index contributed by atoms with van der Waals surface area (Å²) < 4.78 is 10.5. The van der Waals surface area contributed by atoms with Crippen molar-refractivity contribution in [1.29, 1.82) is 0 Å². The van der Waals surface area contributed by atoms with Gasteiger partial charge in [-0.2, -0.15) is 0 Å². The van der Waals surface area contributed by atoms with Crippen LogP contribution in [-0.2, 0) is 14.3 Å². The van der Waals surface area contributed by atoms with Crippen LogP contribution in [0.5, 0.6) is 0 Å². The molecule has 1 aromatic heterocycles. The zero-order valence-corrected chi connectivity index (χ0v) is 15.6. The predicted molar refractivity (Wildman–Crippen MR) is 104 cm³/mol. The molecule has 0 aliphatic carbocycles. The third kappa shape index (κ3) is 4.06. The zero-order valence-electron chi connectivity index (χ0n) is 15.6. The smallest absolute Gasteiger partial charge is 0.337 e. The maximum Gasteiger partial charge on any atom is 0.337 e. The standard InChI is InChI=1S/C22H21NO5/c1-14-18(21(24)25)20(17-10-12-27-13-17)19(15(2)23-14)22(26)28-11-6-9-16-7-4-3-5-8-16/h3-10,12-13,20,23H,11H2,1-2H3,(H,24,25). The van der Waals surface area contributed by atoms with Gasteiger partial charge in [-0.1, -0.05) is 36.4 Å². The summed E-state index contributed by atoms with van der Waals surface area (Å²) in [7, 11) is 0. The minimum absolute atomic E-state index is 0.0771. The van der Waals surface area contributed by atoms with Gasteiger partial charge in [0.25, 0.3) is 0 Å². The number of carbonyl (C=O) groups is 2. The molecule has 0 radical (unpaired) electrons. The van der Waals surface area contributed by atoms with Crippen molar-refractivity contribution in [2.75, 3.05) is 6.61 Å². The molecule has 0 amide bonds. The van der Waals surface area contributed by atoms with Gasteiger partial charge < -0.3 is 19.6 Å². The second-order valence-corrected chi connectivity index (χ2v) is 6.41. The molecule has 6 heteroatoms. The summed E-state index contributed by atoms with van der Waals surface area (Å²) in [4.78, 5) is 24.6. The Hall–Kier alpha value is -3.54. The van der Waals surface area contributed by atoms with E-state index in [1.807, 2.05) is 36.4 Å². The first-order chi connectivity index (χ1) is 13.5. The molecule has 0 spiro atoms. The number of allylic oxidation sites excluding steroid dienone is 2. The lowest BCUT2D eigenvalue weighted by Gasteiger charge is -2.28. The fourth-order valence-electron chi connectivity index (χ4n) is 3.27. The van der Waals surface area contributed by atoms with Crippen molar-refractivity contribution in [2.45, 2.75) is 19.8 Å². The van der Waals surface area contributed by atoms with Crippen LogP contribution in [0.15, 0.2) is 82.0 Å². The molecule has 0 bridgehead atoms. The first kappa shape index (κ1) is 19.2. The molecule has 1 unspecified atom stereocenters. The maximum atomic E-state index is 12.8. The Morgan fingerprint density at radius 3 is 2.50 bits per heavy atom. The number of carboxylic acids is 1. The molecular formula is C22H21NO5.